The minimum Gasteiger partial charge on any atom is -0.481 e. The summed E-state index contributed by atoms with van der Waals surface area (Å²) in [7, 11) is 0. The first-order valence-corrected chi connectivity index (χ1v) is 7.55. The van der Waals surface area contributed by atoms with E-state index in [1.165, 1.54) is 26.2 Å². The third-order valence-corrected chi connectivity index (χ3v) is 3.36. The molecule has 1 atom stereocenters. The Balaban J connectivity index is 3.62. The summed E-state index contributed by atoms with van der Waals surface area (Å²) in [6.45, 7) is 4.32. The van der Waals surface area contributed by atoms with Crippen LogP contribution >= 0.6 is 0 Å². The predicted molar refractivity (Wildman–Crippen MR) is 77.0 cm³/mol. The molecule has 0 saturated carbocycles. The van der Waals surface area contributed by atoms with Gasteiger partial charge in [0.25, 0.3) is 0 Å². The fraction of sp³-hybridized carbons (Fsp3) is 0.867. The molecule has 0 saturated heterocycles. The molecule has 0 spiro atoms. The first-order valence-electron chi connectivity index (χ1n) is 7.55. The van der Waals surface area contributed by atoms with Crippen molar-refractivity contribution in [2.75, 3.05) is 6.54 Å². The van der Waals surface area contributed by atoms with E-state index in [2.05, 4.69) is 12.2 Å². The zero-order valence-electron chi connectivity index (χ0n) is 12.4. The number of carboxylic acid groups (broad SMARTS) is 1. The molecule has 0 aliphatic heterocycles. The van der Waals surface area contributed by atoms with Crippen LogP contribution in [0.1, 0.15) is 71.6 Å². The molecule has 0 bridgehead atoms. The van der Waals surface area contributed by atoms with Crippen LogP contribution in [0, 0.1) is 5.92 Å². The van der Waals surface area contributed by atoms with E-state index in [-0.39, 0.29) is 11.8 Å². The number of hydrogen-bond donors (Lipinski definition) is 2. The van der Waals surface area contributed by atoms with Gasteiger partial charge in [-0.15, -0.1) is 0 Å². The Hall–Kier alpha value is -1.06. The van der Waals surface area contributed by atoms with Crippen LogP contribution in [0.4, 0.5) is 0 Å². The molecule has 1 amide bonds. The van der Waals surface area contributed by atoms with Crippen molar-refractivity contribution in [1.29, 1.82) is 0 Å². The van der Waals surface area contributed by atoms with Crippen LogP contribution in [0.15, 0.2) is 0 Å². The highest BCUT2D eigenvalue weighted by Crippen LogP contribution is 2.17. The molecule has 112 valence electrons. The molecule has 0 rings (SSSR count). The van der Waals surface area contributed by atoms with E-state index in [0.717, 1.165) is 38.5 Å². The van der Waals surface area contributed by atoms with Crippen LogP contribution in [0.5, 0.6) is 0 Å². The lowest BCUT2D eigenvalue weighted by Crippen LogP contribution is -2.21. The summed E-state index contributed by atoms with van der Waals surface area (Å²) in [4.78, 5) is 21.8. The zero-order chi connectivity index (χ0) is 14.5. The van der Waals surface area contributed by atoms with Crippen molar-refractivity contribution >= 4 is 11.9 Å². The van der Waals surface area contributed by atoms with Crippen LogP contribution < -0.4 is 5.32 Å². The molecule has 0 radical (unpaired) electrons. The molecule has 19 heavy (non-hydrogen) atoms. The molecule has 0 aromatic rings. The lowest BCUT2D eigenvalue weighted by molar-refractivity contribution is -0.142. The molecule has 0 fully saturated rings. The second-order valence-electron chi connectivity index (χ2n) is 5.22. The maximum absolute atomic E-state index is 11.1. The number of unbranched alkanes of at least 4 members (excludes halogenated alkanes) is 5. The molecular weight excluding hydrogens is 242 g/mol. The first-order chi connectivity index (χ1) is 9.07. The second kappa shape index (κ2) is 12.0. The Morgan fingerprint density at radius 1 is 1.00 bits per heavy atom. The van der Waals surface area contributed by atoms with E-state index in [1.807, 2.05) is 0 Å². The van der Waals surface area contributed by atoms with Crippen molar-refractivity contribution in [2.24, 2.45) is 5.92 Å². The smallest absolute Gasteiger partial charge is 0.306 e. The normalized spacial score (nSPS) is 12.1. The SMILES string of the molecule is CCCCCCCC(CCCCNC(C)=O)C(=O)O. The third kappa shape index (κ3) is 11.7. The summed E-state index contributed by atoms with van der Waals surface area (Å²) < 4.78 is 0. The maximum Gasteiger partial charge on any atom is 0.306 e. The zero-order valence-corrected chi connectivity index (χ0v) is 12.4. The van der Waals surface area contributed by atoms with E-state index >= 15 is 0 Å². The summed E-state index contributed by atoms with van der Waals surface area (Å²) in [5.41, 5.74) is 0. The van der Waals surface area contributed by atoms with Gasteiger partial charge < -0.3 is 10.4 Å². The van der Waals surface area contributed by atoms with Gasteiger partial charge in [-0.05, 0) is 19.3 Å². The average molecular weight is 271 g/mol. The molecule has 0 aliphatic carbocycles. The Morgan fingerprint density at radius 3 is 2.11 bits per heavy atom. The molecule has 0 heterocycles. The van der Waals surface area contributed by atoms with Gasteiger partial charge in [0.05, 0.1) is 5.92 Å². The number of hydrogen-bond acceptors (Lipinski definition) is 2. The van der Waals surface area contributed by atoms with Gasteiger partial charge in [0.1, 0.15) is 0 Å². The summed E-state index contributed by atoms with van der Waals surface area (Å²) in [5.74, 6) is -0.903. The van der Waals surface area contributed by atoms with Gasteiger partial charge in [0.2, 0.25) is 5.91 Å². The van der Waals surface area contributed by atoms with E-state index in [4.69, 9.17) is 5.11 Å². The van der Waals surface area contributed by atoms with E-state index in [1.54, 1.807) is 0 Å². The number of nitrogens with one attached hydrogen (secondary N) is 1. The van der Waals surface area contributed by atoms with Crippen molar-refractivity contribution in [3.63, 3.8) is 0 Å². The van der Waals surface area contributed by atoms with Gasteiger partial charge in [-0.2, -0.15) is 0 Å². The van der Waals surface area contributed by atoms with Crippen molar-refractivity contribution in [2.45, 2.75) is 71.6 Å². The highest BCUT2D eigenvalue weighted by Gasteiger charge is 2.16. The maximum atomic E-state index is 11.1. The van der Waals surface area contributed by atoms with Gasteiger partial charge in [-0.1, -0.05) is 45.4 Å². The highest BCUT2D eigenvalue weighted by molar-refractivity contribution is 5.72. The number of amides is 1. The number of rotatable bonds is 12. The van der Waals surface area contributed by atoms with Crippen LogP contribution in [-0.4, -0.2) is 23.5 Å². The molecule has 0 aliphatic rings. The van der Waals surface area contributed by atoms with E-state index in [0.29, 0.717) is 6.54 Å². The van der Waals surface area contributed by atoms with Gasteiger partial charge in [-0.25, -0.2) is 0 Å². The minimum atomic E-state index is -0.671. The summed E-state index contributed by atoms with van der Waals surface area (Å²) in [5, 5.41) is 11.9. The Bertz CT molecular complexity index is 254. The van der Waals surface area contributed by atoms with Gasteiger partial charge >= 0.3 is 5.97 Å². The van der Waals surface area contributed by atoms with E-state index < -0.39 is 5.97 Å². The van der Waals surface area contributed by atoms with Crippen LogP contribution in [0.3, 0.4) is 0 Å². The lowest BCUT2D eigenvalue weighted by Gasteiger charge is -2.12. The largest absolute Gasteiger partial charge is 0.481 e. The lowest BCUT2D eigenvalue weighted by atomic mass is 9.95. The number of carbonyl (C=O) groups is 2. The van der Waals surface area contributed by atoms with Gasteiger partial charge in [-0.3, -0.25) is 9.59 Å². The molecule has 4 heteroatoms. The highest BCUT2D eigenvalue weighted by atomic mass is 16.4. The number of carbonyl (C=O) groups excluding carboxylic acids is 1. The third-order valence-electron chi connectivity index (χ3n) is 3.36. The summed E-state index contributed by atoms with van der Waals surface area (Å²) in [6.07, 6.45) is 9.07. The average Bonchev–Trinajstić information content (AvgIpc) is 2.35. The van der Waals surface area contributed by atoms with Crippen molar-refractivity contribution in [1.82, 2.24) is 5.32 Å². The van der Waals surface area contributed by atoms with Crippen LogP contribution in [0.2, 0.25) is 0 Å². The quantitative estimate of drug-likeness (QED) is 0.535. The standard InChI is InChI=1S/C15H29NO3/c1-3-4-5-6-7-10-14(15(18)19)11-8-9-12-16-13(2)17/h14H,3-12H2,1-2H3,(H,16,17)(H,18,19). The number of carboxylic acids is 1. The molecule has 4 nitrogen and oxygen atoms in total. The predicted octanol–water partition coefficient (Wildman–Crippen LogP) is 3.35. The van der Waals surface area contributed by atoms with Crippen molar-refractivity contribution in [3.05, 3.63) is 0 Å². The molecule has 2 N–H and O–H groups in total. The minimum absolute atomic E-state index is 0.0225. The number of aliphatic carboxylic acids is 1. The summed E-state index contributed by atoms with van der Waals surface area (Å²) >= 11 is 0. The molecule has 1 unspecified atom stereocenters. The molecular formula is C15H29NO3. The van der Waals surface area contributed by atoms with Crippen molar-refractivity contribution in [3.8, 4) is 0 Å². The summed E-state index contributed by atoms with van der Waals surface area (Å²) in [6, 6.07) is 0. The van der Waals surface area contributed by atoms with E-state index in [9.17, 15) is 9.59 Å². The fourth-order valence-electron chi connectivity index (χ4n) is 2.17. The fourth-order valence-corrected chi connectivity index (χ4v) is 2.17. The Labute approximate surface area is 117 Å². The van der Waals surface area contributed by atoms with Crippen LogP contribution in [-0.2, 0) is 9.59 Å². The monoisotopic (exact) mass is 271 g/mol. The Kier molecular flexibility index (Phi) is 11.3. The molecule has 0 aromatic heterocycles. The molecule has 0 aromatic carbocycles. The first kappa shape index (κ1) is 17.9. The van der Waals surface area contributed by atoms with Crippen molar-refractivity contribution < 1.29 is 14.7 Å². The topological polar surface area (TPSA) is 66.4 Å². The van der Waals surface area contributed by atoms with Gasteiger partial charge in [0.15, 0.2) is 0 Å². The van der Waals surface area contributed by atoms with Crippen LogP contribution in [0.25, 0.3) is 0 Å². The Morgan fingerprint density at radius 2 is 1.58 bits per heavy atom. The second-order valence-corrected chi connectivity index (χ2v) is 5.22. The van der Waals surface area contributed by atoms with Gasteiger partial charge in [0, 0.05) is 13.5 Å².